The minimum Gasteiger partial charge on any atom is -0.354 e. The lowest BCUT2D eigenvalue weighted by molar-refractivity contribution is -0.126. The Morgan fingerprint density at radius 3 is 2.57 bits per heavy atom. The fraction of sp³-hybridized carbons (Fsp3) is 0.632. The molecule has 1 aromatic carbocycles. The van der Waals surface area contributed by atoms with E-state index in [9.17, 15) is 4.79 Å². The second-order valence-electron chi connectivity index (χ2n) is 6.94. The third-order valence-corrected chi connectivity index (χ3v) is 4.95. The van der Waals surface area contributed by atoms with Crippen molar-refractivity contribution in [2.24, 2.45) is 11.7 Å². The Morgan fingerprint density at radius 2 is 2.00 bits per heavy atom. The van der Waals surface area contributed by atoms with E-state index in [1.807, 2.05) is 0 Å². The van der Waals surface area contributed by atoms with Crippen LogP contribution in [0.25, 0.3) is 0 Å². The first kappa shape index (κ1) is 18.0. The molecule has 4 nitrogen and oxygen atoms in total. The van der Waals surface area contributed by atoms with Gasteiger partial charge in [0.2, 0.25) is 5.91 Å². The summed E-state index contributed by atoms with van der Waals surface area (Å²) in [6.07, 6.45) is 4.95. The lowest BCUT2D eigenvalue weighted by Crippen LogP contribution is -2.41. The second-order valence-corrected chi connectivity index (χ2v) is 6.94. The first-order valence-electron chi connectivity index (χ1n) is 8.79. The number of likely N-dealkylation sites (N-methyl/N-ethyl adjacent to an activating group) is 1. The van der Waals surface area contributed by atoms with Crippen molar-refractivity contribution in [1.29, 1.82) is 0 Å². The molecular formula is C19H31N3O. The Kier molecular flexibility index (Phi) is 6.60. The molecule has 3 N–H and O–H groups in total. The molecule has 0 spiro atoms. The van der Waals surface area contributed by atoms with Crippen molar-refractivity contribution in [2.45, 2.75) is 51.1 Å². The number of amides is 1. The van der Waals surface area contributed by atoms with Crippen LogP contribution in [0.1, 0.15) is 49.8 Å². The van der Waals surface area contributed by atoms with Crippen LogP contribution in [0, 0.1) is 5.92 Å². The molecule has 1 saturated carbocycles. The van der Waals surface area contributed by atoms with Crippen LogP contribution in [0.5, 0.6) is 0 Å². The highest BCUT2D eigenvalue weighted by molar-refractivity contribution is 5.78. The van der Waals surface area contributed by atoms with Crippen LogP contribution >= 0.6 is 0 Å². The monoisotopic (exact) mass is 317 g/mol. The van der Waals surface area contributed by atoms with Gasteiger partial charge in [0, 0.05) is 18.5 Å². The summed E-state index contributed by atoms with van der Waals surface area (Å²) in [5, 5.41) is 3.15. The van der Waals surface area contributed by atoms with Crippen molar-refractivity contribution in [1.82, 2.24) is 10.2 Å². The Hall–Kier alpha value is -1.39. The maximum atomic E-state index is 12.4. The van der Waals surface area contributed by atoms with E-state index in [4.69, 9.17) is 5.73 Å². The van der Waals surface area contributed by atoms with E-state index in [1.165, 1.54) is 11.1 Å². The topological polar surface area (TPSA) is 58.4 Å². The number of benzene rings is 1. The summed E-state index contributed by atoms with van der Waals surface area (Å²) >= 11 is 0. The van der Waals surface area contributed by atoms with Crippen LogP contribution in [0.3, 0.4) is 0 Å². The van der Waals surface area contributed by atoms with Crippen LogP contribution in [0.4, 0.5) is 0 Å². The summed E-state index contributed by atoms with van der Waals surface area (Å²) in [5.41, 5.74) is 8.58. The molecule has 1 fully saturated rings. The molecule has 0 bridgehead atoms. The predicted molar refractivity (Wildman–Crippen MR) is 95.2 cm³/mol. The van der Waals surface area contributed by atoms with Crippen LogP contribution in [0.15, 0.2) is 24.3 Å². The smallest absolute Gasteiger partial charge is 0.223 e. The molecule has 0 aromatic heterocycles. The van der Waals surface area contributed by atoms with E-state index in [1.54, 1.807) is 0 Å². The van der Waals surface area contributed by atoms with Gasteiger partial charge in [-0.25, -0.2) is 0 Å². The van der Waals surface area contributed by atoms with E-state index in [0.717, 1.165) is 32.1 Å². The number of aryl methyl sites for hydroxylation is 1. The van der Waals surface area contributed by atoms with Gasteiger partial charge in [-0.15, -0.1) is 0 Å². The molecule has 0 radical (unpaired) electrons. The quantitative estimate of drug-likeness (QED) is 0.847. The van der Waals surface area contributed by atoms with E-state index in [0.29, 0.717) is 6.54 Å². The molecule has 1 amide bonds. The van der Waals surface area contributed by atoms with Crippen LogP contribution < -0.4 is 11.1 Å². The highest BCUT2D eigenvalue weighted by atomic mass is 16.1. The zero-order valence-corrected chi connectivity index (χ0v) is 14.7. The van der Waals surface area contributed by atoms with Crippen molar-refractivity contribution < 1.29 is 4.79 Å². The molecule has 3 unspecified atom stereocenters. The van der Waals surface area contributed by atoms with E-state index < -0.39 is 0 Å². The number of carbonyl (C=O) groups excluding carboxylic acids is 1. The zero-order chi connectivity index (χ0) is 16.8. The van der Waals surface area contributed by atoms with Gasteiger partial charge >= 0.3 is 0 Å². The first-order chi connectivity index (χ1) is 11.0. The summed E-state index contributed by atoms with van der Waals surface area (Å²) in [7, 11) is 4.11. The van der Waals surface area contributed by atoms with Gasteiger partial charge in [0.25, 0.3) is 0 Å². The van der Waals surface area contributed by atoms with Gasteiger partial charge in [0.1, 0.15) is 0 Å². The Labute approximate surface area is 140 Å². The fourth-order valence-electron chi connectivity index (χ4n) is 3.38. The molecule has 23 heavy (non-hydrogen) atoms. The summed E-state index contributed by atoms with van der Waals surface area (Å²) < 4.78 is 0. The number of carbonyl (C=O) groups is 1. The van der Waals surface area contributed by atoms with Gasteiger partial charge in [0.05, 0.1) is 6.04 Å². The van der Waals surface area contributed by atoms with Crippen LogP contribution in [-0.4, -0.2) is 37.5 Å². The maximum absolute atomic E-state index is 12.4. The molecule has 0 heterocycles. The minimum absolute atomic E-state index is 0.0871. The SMILES string of the molecule is CCc1ccc(C(CNC(=O)C2CCCC(N)C2)N(C)C)cc1. The summed E-state index contributed by atoms with van der Waals surface area (Å²) in [6.45, 7) is 2.80. The standard InChI is InChI=1S/C19H31N3O/c1-4-14-8-10-15(11-9-14)18(22(2)3)13-21-19(23)16-6-5-7-17(20)12-16/h8-11,16-18H,4-7,12-13,20H2,1-3H3,(H,21,23). The van der Waals surface area contributed by atoms with Crippen molar-refractivity contribution in [3.63, 3.8) is 0 Å². The molecule has 0 saturated heterocycles. The third kappa shape index (κ3) is 5.05. The molecule has 1 aromatic rings. The highest BCUT2D eigenvalue weighted by Crippen LogP contribution is 2.24. The number of nitrogens with zero attached hydrogens (tertiary/aromatic N) is 1. The largest absolute Gasteiger partial charge is 0.354 e. The number of hydrogen-bond acceptors (Lipinski definition) is 3. The number of rotatable bonds is 6. The lowest BCUT2D eigenvalue weighted by atomic mass is 9.85. The molecular weight excluding hydrogens is 286 g/mol. The lowest BCUT2D eigenvalue weighted by Gasteiger charge is -2.29. The van der Waals surface area contributed by atoms with Crippen molar-refractivity contribution in [3.05, 3.63) is 35.4 Å². The van der Waals surface area contributed by atoms with Gasteiger partial charge in [-0.3, -0.25) is 4.79 Å². The normalized spacial score (nSPS) is 22.8. The van der Waals surface area contributed by atoms with Crippen molar-refractivity contribution in [3.8, 4) is 0 Å². The average Bonchev–Trinajstić information content (AvgIpc) is 2.55. The Bertz CT molecular complexity index is 498. The number of nitrogens with one attached hydrogen (secondary N) is 1. The Balaban J connectivity index is 1.95. The second kappa shape index (κ2) is 8.46. The van der Waals surface area contributed by atoms with Gasteiger partial charge in [0.15, 0.2) is 0 Å². The molecule has 1 aliphatic rings. The molecule has 1 aliphatic carbocycles. The van der Waals surface area contributed by atoms with Gasteiger partial charge in [-0.1, -0.05) is 37.6 Å². The average molecular weight is 317 g/mol. The molecule has 4 heteroatoms. The van der Waals surface area contributed by atoms with E-state index in [2.05, 4.69) is 55.5 Å². The van der Waals surface area contributed by atoms with Crippen LogP contribution in [-0.2, 0) is 11.2 Å². The zero-order valence-electron chi connectivity index (χ0n) is 14.7. The molecule has 128 valence electrons. The van der Waals surface area contributed by atoms with Crippen molar-refractivity contribution >= 4 is 5.91 Å². The predicted octanol–water partition coefficient (Wildman–Crippen LogP) is 2.49. The van der Waals surface area contributed by atoms with Gasteiger partial charge in [-0.05, 0) is 50.9 Å². The minimum atomic E-state index is 0.0871. The molecule has 2 rings (SSSR count). The molecule has 3 atom stereocenters. The van der Waals surface area contributed by atoms with Gasteiger partial charge in [-0.2, -0.15) is 0 Å². The van der Waals surface area contributed by atoms with Crippen molar-refractivity contribution in [2.75, 3.05) is 20.6 Å². The summed E-state index contributed by atoms with van der Waals surface area (Å²) in [6, 6.07) is 9.08. The van der Waals surface area contributed by atoms with Gasteiger partial charge < -0.3 is 16.0 Å². The van der Waals surface area contributed by atoms with E-state index in [-0.39, 0.29) is 23.9 Å². The highest BCUT2D eigenvalue weighted by Gasteiger charge is 2.26. The fourth-order valence-corrected chi connectivity index (χ4v) is 3.38. The summed E-state index contributed by atoms with van der Waals surface area (Å²) in [4.78, 5) is 14.6. The number of nitrogens with two attached hydrogens (primary N) is 1. The third-order valence-electron chi connectivity index (χ3n) is 4.95. The molecule has 0 aliphatic heterocycles. The Morgan fingerprint density at radius 1 is 1.30 bits per heavy atom. The summed E-state index contributed by atoms with van der Waals surface area (Å²) in [5.74, 6) is 0.251. The van der Waals surface area contributed by atoms with E-state index >= 15 is 0 Å². The maximum Gasteiger partial charge on any atom is 0.223 e. The van der Waals surface area contributed by atoms with Crippen LogP contribution in [0.2, 0.25) is 0 Å². The first-order valence-corrected chi connectivity index (χ1v) is 8.79. The number of hydrogen-bond donors (Lipinski definition) is 2.